The number of piperazine rings is 1. The number of sulfonamides is 1. The van der Waals surface area contributed by atoms with E-state index in [4.69, 9.17) is 0 Å². The van der Waals surface area contributed by atoms with E-state index in [9.17, 15) is 13.2 Å². The van der Waals surface area contributed by atoms with Crippen molar-refractivity contribution < 1.29 is 13.2 Å². The molecule has 2 heterocycles. The molecular weight excluding hydrogens is 322 g/mol. The van der Waals surface area contributed by atoms with Crippen LogP contribution in [-0.2, 0) is 14.8 Å². The molecule has 0 unspecified atom stereocenters. The van der Waals surface area contributed by atoms with Crippen molar-refractivity contribution in [3.63, 3.8) is 0 Å². The number of likely N-dealkylation sites (N-methyl/N-ethyl adjacent to an activating group) is 1. The molecule has 6 nitrogen and oxygen atoms in total. The highest BCUT2D eigenvalue weighted by Gasteiger charge is 2.28. The van der Waals surface area contributed by atoms with E-state index in [2.05, 4.69) is 10.2 Å². The Bertz CT molecular complexity index is 683. The van der Waals surface area contributed by atoms with Gasteiger partial charge in [0, 0.05) is 43.2 Å². The van der Waals surface area contributed by atoms with Gasteiger partial charge in [-0.15, -0.1) is 11.8 Å². The van der Waals surface area contributed by atoms with Crippen molar-refractivity contribution in [2.45, 2.75) is 16.2 Å². The normalized spacial score (nSPS) is 21.0. The van der Waals surface area contributed by atoms with Gasteiger partial charge in [-0.2, -0.15) is 4.31 Å². The van der Waals surface area contributed by atoms with E-state index in [0.29, 0.717) is 31.0 Å². The summed E-state index contributed by atoms with van der Waals surface area (Å²) >= 11 is 1.57. The number of nitrogens with zero attached hydrogens (tertiary/aromatic N) is 2. The van der Waals surface area contributed by atoms with Gasteiger partial charge in [0.1, 0.15) is 0 Å². The number of thioether (sulfide) groups is 1. The fourth-order valence-corrected chi connectivity index (χ4v) is 4.92. The van der Waals surface area contributed by atoms with Crippen molar-refractivity contribution in [2.75, 3.05) is 44.3 Å². The van der Waals surface area contributed by atoms with E-state index in [1.807, 2.05) is 7.05 Å². The topological polar surface area (TPSA) is 69.7 Å². The fraction of sp³-hybridized carbons (Fsp3) is 0.500. The third kappa shape index (κ3) is 3.15. The van der Waals surface area contributed by atoms with Crippen molar-refractivity contribution in [3.05, 3.63) is 18.2 Å². The summed E-state index contributed by atoms with van der Waals surface area (Å²) in [5.74, 6) is 0.643. The lowest BCUT2D eigenvalue weighted by molar-refractivity contribution is -0.115. The predicted octanol–water partition coefficient (Wildman–Crippen LogP) is 1.06. The van der Waals surface area contributed by atoms with Gasteiger partial charge >= 0.3 is 0 Å². The summed E-state index contributed by atoms with van der Waals surface area (Å²) < 4.78 is 27.0. The standard InChI is InChI=1S/C14H19N3O3S2/c1-16-5-7-17(8-6-16)22(19,20)11-2-3-13-12(10-11)15-14(18)4-9-21-13/h2-3,10H,4-9H2,1H3,(H,15,18). The number of carbonyl (C=O) groups is 1. The SMILES string of the molecule is CN1CCN(S(=O)(=O)c2ccc3c(c2)NC(=O)CCS3)CC1. The van der Waals surface area contributed by atoms with Crippen LogP contribution in [0, 0.1) is 0 Å². The number of anilines is 1. The van der Waals surface area contributed by atoms with Gasteiger partial charge in [0.05, 0.1) is 10.6 Å². The molecule has 1 fully saturated rings. The Morgan fingerprint density at radius 1 is 1.18 bits per heavy atom. The van der Waals surface area contributed by atoms with E-state index in [1.54, 1.807) is 30.0 Å². The van der Waals surface area contributed by atoms with Crippen LogP contribution in [0.25, 0.3) is 0 Å². The number of fused-ring (bicyclic) bond motifs is 1. The second-order valence-electron chi connectivity index (χ2n) is 5.51. The highest BCUT2D eigenvalue weighted by atomic mass is 32.2. The molecule has 1 amide bonds. The summed E-state index contributed by atoms with van der Waals surface area (Å²) in [5, 5.41) is 2.79. The Hall–Kier alpha value is -1.09. The lowest BCUT2D eigenvalue weighted by Gasteiger charge is -2.31. The molecule has 1 aromatic rings. The summed E-state index contributed by atoms with van der Waals surface area (Å²) in [4.78, 5) is 14.9. The molecule has 0 spiro atoms. The smallest absolute Gasteiger partial charge is 0.243 e. The van der Waals surface area contributed by atoms with Crippen LogP contribution in [0.4, 0.5) is 5.69 Å². The molecule has 120 valence electrons. The minimum Gasteiger partial charge on any atom is -0.325 e. The summed E-state index contributed by atoms with van der Waals surface area (Å²) in [6, 6.07) is 5.00. The zero-order valence-electron chi connectivity index (χ0n) is 12.4. The second-order valence-corrected chi connectivity index (χ2v) is 8.59. The van der Waals surface area contributed by atoms with E-state index < -0.39 is 10.0 Å². The minimum absolute atomic E-state index is 0.0691. The molecule has 3 rings (SSSR count). The van der Waals surface area contributed by atoms with Gasteiger partial charge in [-0.25, -0.2) is 8.42 Å². The molecule has 1 N–H and O–H groups in total. The highest BCUT2D eigenvalue weighted by Crippen LogP contribution is 2.33. The van der Waals surface area contributed by atoms with Crippen LogP contribution in [0.3, 0.4) is 0 Å². The maximum Gasteiger partial charge on any atom is 0.243 e. The zero-order valence-corrected chi connectivity index (χ0v) is 14.0. The number of hydrogen-bond donors (Lipinski definition) is 1. The van der Waals surface area contributed by atoms with Crippen LogP contribution >= 0.6 is 11.8 Å². The quantitative estimate of drug-likeness (QED) is 0.871. The molecule has 22 heavy (non-hydrogen) atoms. The fourth-order valence-electron chi connectivity index (χ4n) is 2.54. The molecule has 2 aliphatic heterocycles. The molecule has 2 aliphatic rings. The Balaban J connectivity index is 1.90. The van der Waals surface area contributed by atoms with Gasteiger partial charge < -0.3 is 10.2 Å². The average Bonchev–Trinajstić information content (AvgIpc) is 2.67. The minimum atomic E-state index is -3.50. The van der Waals surface area contributed by atoms with Gasteiger partial charge in [0.25, 0.3) is 0 Å². The van der Waals surface area contributed by atoms with Crippen molar-refractivity contribution in [1.29, 1.82) is 0 Å². The van der Waals surface area contributed by atoms with E-state index in [-0.39, 0.29) is 10.8 Å². The molecule has 0 aliphatic carbocycles. The van der Waals surface area contributed by atoms with Crippen LogP contribution in [0.15, 0.2) is 28.0 Å². The van der Waals surface area contributed by atoms with Gasteiger partial charge in [0.15, 0.2) is 0 Å². The number of nitrogens with one attached hydrogen (secondary N) is 1. The maximum absolute atomic E-state index is 12.7. The average molecular weight is 341 g/mol. The maximum atomic E-state index is 12.7. The molecule has 8 heteroatoms. The van der Waals surface area contributed by atoms with E-state index in [1.165, 1.54) is 4.31 Å². The molecule has 0 aromatic heterocycles. The number of carbonyl (C=O) groups excluding carboxylic acids is 1. The molecule has 0 bridgehead atoms. The van der Waals surface area contributed by atoms with Crippen LogP contribution < -0.4 is 5.32 Å². The predicted molar refractivity (Wildman–Crippen MR) is 86.7 cm³/mol. The van der Waals surface area contributed by atoms with Crippen LogP contribution in [-0.4, -0.2) is 62.5 Å². The van der Waals surface area contributed by atoms with Gasteiger partial charge in [-0.3, -0.25) is 4.79 Å². The summed E-state index contributed by atoms with van der Waals surface area (Å²) in [6.07, 6.45) is 0.444. The van der Waals surface area contributed by atoms with E-state index >= 15 is 0 Å². The number of amides is 1. The monoisotopic (exact) mass is 341 g/mol. The molecule has 0 atom stereocenters. The highest BCUT2D eigenvalue weighted by molar-refractivity contribution is 7.99. The molecule has 1 saturated heterocycles. The summed E-state index contributed by atoms with van der Waals surface area (Å²) in [5.41, 5.74) is 0.600. The Kier molecular flexibility index (Phi) is 4.44. The zero-order chi connectivity index (χ0) is 15.7. The lowest BCUT2D eigenvalue weighted by Crippen LogP contribution is -2.47. The first-order valence-corrected chi connectivity index (χ1v) is 9.65. The first-order valence-electron chi connectivity index (χ1n) is 7.22. The summed E-state index contributed by atoms with van der Waals surface area (Å²) in [7, 11) is -1.52. The van der Waals surface area contributed by atoms with Gasteiger partial charge in [-0.1, -0.05) is 0 Å². The molecular formula is C14H19N3O3S2. The number of benzene rings is 1. The van der Waals surface area contributed by atoms with Crippen molar-refractivity contribution >= 4 is 33.4 Å². The lowest BCUT2D eigenvalue weighted by atomic mass is 10.3. The molecule has 0 saturated carbocycles. The molecule has 1 aromatic carbocycles. The second kappa shape index (κ2) is 6.19. The van der Waals surface area contributed by atoms with Crippen LogP contribution in [0.2, 0.25) is 0 Å². The third-order valence-corrected chi connectivity index (χ3v) is 6.88. The Labute approximate surface area is 134 Å². The van der Waals surface area contributed by atoms with Crippen molar-refractivity contribution in [3.8, 4) is 0 Å². The van der Waals surface area contributed by atoms with Gasteiger partial charge in [0.2, 0.25) is 15.9 Å². The van der Waals surface area contributed by atoms with Gasteiger partial charge in [-0.05, 0) is 25.2 Å². The Morgan fingerprint density at radius 3 is 2.64 bits per heavy atom. The number of rotatable bonds is 2. The van der Waals surface area contributed by atoms with Crippen molar-refractivity contribution in [1.82, 2.24) is 9.21 Å². The largest absolute Gasteiger partial charge is 0.325 e. The Morgan fingerprint density at radius 2 is 1.91 bits per heavy atom. The first kappa shape index (κ1) is 15.8. The molecule has 0 radical (unpaired) electrons. The van der Waals surface area contributed by atoms with Crippen molar-refractivity contribution in [2.24, 2.45) is 0 Å². The summed E-state index contributed by atoms with van der Waals surface area (Å²) in [6.45, 7) is 2.46. The van der Waals surface area contributed by atoms with Crippen LogP contribution in [0.5, 0.6) is 0 Å². The van der Waals surface area contributed by atoms with E-state index in [0.717, 1.165) is 18.0 Å². The van der Waals surface area contributed by atoms with Crippen LogP contribution in [0.1, 0.15) is 6.42 Å². The number of hydrogen-bond acceptors (Lipinski definition) is 5. The first-order chi connectivity index (χ1) is 10.5. The third-order valence-electron chi connectivity index (χ3n) is 3.91.